The lowest BCUT2D eigenvalue weighted by molar-refractivity contribution is 0.0542. The van der Waals surface area contributed by atoms with E-state index in [1.54, 1.807) is 0 Å². The summed E-state index contributed by atoms with van der Waals surface area (Å²) in [5.74, 6) is 0. The third kappa shape index (κ3) is 3.61. The Morgan fingerprint density at radius 2 is 2.54 bits per heavy atom. The van der Waals surface area contributed by atoms with Crippen LogP contribution in [0.2, 0.25) is 0 Å². The van der Waals surface area contributed by atoms with E-state index in [1.807, 2.05) is 24.0 Å². The van der Waals surface area contributed by atoms with Gasteiger partial charge >= 0.3 is 0 Å². The van der Waals surface area contributed by atoms with Gasteiger partial charge in [0.15, 0.2) is 0 Å². The molecule has 5 heteroatoms. The van der Waals surface area contributed by atoms with Gasteiger partial charge in [0.25, 0.3) is 0 Å². The van der Waals surface area contributed by atoms with Gasteiger partial charge in [0.2, 0.25) is 0 Å². The molecule has 0 saturated carbocycles. The van der Waals surface area contributed by atoms with Crippen LogP contribution in [0.3, 0.4) is 0 Å². The number of nitrogens with two attached hydrogens (primary N) is 1. The zero-order valence-corrected chi connectivity index (χ0v) is 9.77. The minimum absolute atomic E-state index is 0.0701. The first-order valence-electron chi connectivity index (χ1n) is 4.26. The number of nitrogens with zero attached hydrogens (tertiary/aromatic N) is 2. The number of hydrogen-bond acceptors (Lipinski definition) is 3. The van der Waals surface area contributed by atoms with Crippen LogP contribution in [0.1, 0.15) is 6.92 Å². The molecule has 0 aliphatic heterocycles. The van der Waals surface area contributed by atoms with Gasteiger partial charge in [0.05, 0.1) is 22.4 Å². The van der Waals surface area contributed by atoms with Crippen LogP contribution >= 0.6 is 22.6 Å². The second-order valence-corrected chi connectivity index (χ2v) is 3.94. The summed E-state index contributed by atoms with van der Waals surface area (Å²) in [5.41, 5.74) is 5.55. The van der Waals surface area contributed by atoms with Gasteiger partial charge in [-0.2, -0.15) is 5.10 Å². The summed E-state index contributed by atoms with van der Waals surface area (Å²) >= 11 is 2.23. The first-order valence-corrected chi connectivity index (χ1v) is 5.33. The number of hydrogen-bond donors (Lipinski definition) is 1. The summed E-state index contributed by atoms with van der Waals surface area (Å²) in [7, 11) is 0. The first kappa shape index (κ1) is 10.9. The standard InChI is InChI=1S/C8H14IN3O/c1-2-13-8(3-10)6-12-5-7(9)4-11-12/h4-5,8H,2-3,6,10H2,1H3. The molecule has 0 radical (unpaired) electrons. The SMILES string of the molecule is CCOC(CN)Cn1cc(I)cn1. The van der Waals surface area contributed by atoms with Gasteiger partial charge in [0, 0.05) is 19.3 Å². The Morgan fingerprint density at radius 3 is 3.00 bits per heavy atom. The summed E-state index contributed by atoms with van der Waals surface area (Å²) in [6.07, 6.45) is 3.86. The normalized spacial score (nSPS) is 13.2. The molecule has 1 rings (SSSR count). The van der Waals surface area contributed by atoms with Gasteiger partial charge < -0.3 is 10.5 Å². The van der Waals surface area contributed by atoms with Crippen molar-refractivity contribution in [2.45, 2.75) is 19.6 Å². The molecule has 0 fully saturated rings. The molecule has 13 heavy (non-hydrogen) atoms. The molecular weight excluding hydrogens is 281 g/mol. The van der Waals surface area contributed by atoms with E-state index in [9.17, 15) is 0 Å². The predicted molar refractivity (Wildman–Crippen MR) is 59.4 cm³/mol. The summed E-state index contributed by atoms with van der Waals surface area (Å²) in [5, 5.41) is 4.16. The molecule has 0 aromatic carbocycles. The Hall–Kier alpha value is -0.140. The lowest BCUT2D eigenvalue weighted by Gasteiger charge is -2.14. The number of halogens is 1. The van der Waals surface area contributed by atoms with Gasteiger partial charge in [-0.05, 0) is 29.5 Å². The summed E-state index contributed by atoms with van der Waals surface area (Å²) in [6, 6.07) is 0. The molecule has 2 N–H and O–H groups in total. The largest absolute Gasteiger partial charge is 0.375 e. The molecule has 1 unspecified atom stereocenters. The van der Waals surface area contributed by atoms with E-state index >= 15 is 0 Å². The second kappa shape index (κ2) is 5.56. The fraction of sp³-hybridized carbons (Fsp3) is 0.625. The molecule has 0 saturated heterocycles. The maximum Gasteiger partial charge on any atom is 0.0892 e. The molecule has 0 amide bonds. The molecule has 1 heterocycles. The van der Waals surface area contributed by atoms with Gasteiger partial charge in [-0.1, -0.05) is 0 Å². The van der Waals surface area contributed by atoms with Crippen molar-refractivity contribution in [3.05, 3.63) is 16.0 Å². The van der Waals surface area contributed by atoms with E-state index in [0.717, 1.165) is 10.1 Å². The topological polar surface area (TPSA) is 53.1 Å². The van der Waals surface area contributed by atoms with Crippen LogP contribution in [0.15, 0.2) is 12.4 Å². The molecule has 0 aliphatic carbocycles. The summed E-state index contributed by atoms with van der Waals surface area (Å²) < 4.78 is 8.40. The predicted octanol–water partition coefficient (Wildman–Crippen LogP) is 0.851. The molecule has 0 bridgehead atoms. The molecular formula is C8H14IN3O. The van der Waals surface area contributed by atoms with Crippen molar-refractivity contribution < 1.29 is 4.74 Å². The number of rotatable bonds is 5. The van der Waals surface area contributed by atoms with Crippen molar-refractivity contribution in [2.24, 2.45) is 5.73 Å². The van der Waals surface area contributed by atoms with Crippen molar-refractivity contribution in [3.63, 3.8) is 0 Å². The Labute approximate surface area is 91.6 Å². The van der Waals surface area contributed by atoms with E-state index in [0.29, 0.717) is 13.2 Å². The zero-order chi connectivity index (χ0) is 9.68. The van der Waals surface area contributed by atoms with Crippen molar-refractivity contribution in [1.29, 1.82) is 0 Å². The maximum absolute atomic E-state index is 5.55. The minimum atomic E-state index is 0.0701. The van der Waals surface area contributed by atoms with E-state index < -0.39 is 0 Å². The summed E-state index contributed by atoms with van der Waals surface area (Å²) in [6.45, 7) is 3.92. The lowest BCUT2D eigenvalue weighted by Crippen LogP contribution is -2.28. The van der Waals surface area contributed by atoms with Crippen LogP contribution in [0, 0.1) is 3.57 Å². The quantitative estimate of drug-likeness (QED) is 0.819. The highest BCUT2D eigenvalue weighted by molar-refractivity contribution is 14.1. The number of ether oxygens (including phenoxy) is 1. The van der Waals surface area contributed by atoms with Crippen molar-refractivity contribution in [3.8, 4) is 0 Å². The molecule has 4 nitrogen and oxygen atoms in total. The molecule has 1 atom stereocenters. The van der Waals surface area contributed by atoms with Crippen LogP contribution in [0.25, 0.3) is 0 Å². The fourth-order valence-electron chi connectivity index (χ4n) is 1.08. The van der Waals surface area contributed by atoms with Gasteiger partial charge in [0.1, 0.15) is 0 Å². The average Bonchev–Trinajstić information content (AvgIpc) is 2.50. The minimum Gasteiger partial charge on any atom is -0.375 e. The molecule has 74 valence electrons. The zero-order valence-electron chi connectivity index (χ0n) is 7.61. The van der Waals surface area contributed by atoms with Crippen molar-refractivity contribution >= 4 is 22.6 Å². The van der Waals surface area contributed by atoms with E-state index in [-0.39, 0.29) is 6.10 Å². The van der Waals surface area contributed by atoms with Gasteiger partial charge in [-0.3, -0.25) is 4.68 Å². The average molecular weight is 295 g/mol. The lowest BCUT2D eigenvalue weighted by atomic mass is 10.3. The Morgan fingerprint density at radius 1 is 1.77 bits per heavy atom. The Kier molecular flexibility index (Phi) is 4.68. The highest BCUT2D eigenvalue weighted by atomic mass is 127. The third-order valence-electron chi connectivity index (χ3n) is 1.66. The monoisotopic (exact) mass is 295 g/mol. The smallest absolute Gasteiger partial charge is 0.0892 e. The number of aromatic nitrogens is 2. The van der Waals surface area contributed by atoms with Crippen LogP contribution in [-0.2, 0) is 11.3 Å². The van der Waals surface area contributed by atoms with Crippen LogP contribution < -0.4 is 5.73 Å². The van der Waals surface area contributed by atoms with Crippen molar-refractivity contribution in [1.82, 2.24) is 9.78 Å². The van der Waals surface area contributed by atoms with Crippen LogP contribution in [0.4, 0.5) is 0 Å². The molecule has 0 spiro atoms. The summed E-state index contributed by atoms with van der Waals surface area (Å²) in [4.78, 5) is 0. The van der Waals surface area contributed by atoms with Gasteiger partial charge in [-0.15, -0.1) is 0 Å². The molecule has 1 aromatic rings. The fourth-order valence-corrected chi connectivity index (χ4v) is 1.52. The van der Waals surface area contributed by atoms with Crippen LogP contribution in [0.5, 0.6) is 0 Å². The molecule has 0 aliphatic rings. The van der Waals surface area contributed by atoms with E-state index in [1.165, 1.54) is 0 Å². The highest BCUT2D eigenvalue weighted by Gasteiger charge is 2.07. The van der Waals surface area contributed by atoms with E-state index in [4.69, 9.17) is 10.5 Å². The second-order valence-electron chi connectivity index (χ2n) is 2.69. The molecule has 1 aromatic heterocycles. The van der Waals surface area contributed by atoms with Gasteiger partial charge in [-0.25, -0.2) is 0 Å². The van der Waals surface area contributed by atoms with E-state index in [2.05, 4.69) is 27.7 Å². The Balaban J connectivity index is 2.46. The van der Waals surface area contributed by atoms with Crippen molar-refractivity contribution in [2.75, 3.05) is 13.2 Å². The highest BCUT2D eigenvalue weighted by Crippen LogP contribution is 2.02. The third-order valence-corrected chi connectivity index (χ3v) is 2.21. The van der Waals surface area contributed by atoms with Crippen LogP contribution in [-0.4, -0.2) is 29.0 Å². The maximum atomic E-state index is 5.55. The Bertz CT molecular complexity index is 251. The first-order chi connectivity index (χ1) is 6.26.